The normalized spacial score (nSPS) is 16.1. The lowest BCUT2D eigenvalue weighted by Crippen LogP contribution is -2.23. The van der Waals surface area contributed by atoms with Crippen LogP contribution >= 0.6 is 0 Å². The van der Waals surface area contributed by atoms with Crippen LogP contribution in [0.3, 0.4) is 0 Å². The first kappa shape index (κ1) is 9.29. The molecule has 1 heterocycles. The van der Waals surface area contributed by atoms with Crippen molar-refractivity contribution in [3.63, 3.8) is 0 Å². The number of rotatable bonds is 2. The Morgan fingerprint density at radius 1 is 1.50 bits per heavy atom. The Kier molecular flexibility index (Phi) is 2.55. The molecule has 0 fully saturated rings. The molecule has 0 aromatic carbocycles. The monoisotopic (exact) mass is 169 g/mol. The maximum Gasteiger partial charge on any atom is 0.105 e. The molecule has 0 amide bonds. The molecule has 3 nitrogen and oxygen atoms in total. The van der Waals surface area contributed by atoms with Crippen molar-refractivity contribution in [3.05, 3.63) is 23.2 Å². The van der Waals surface area contributed by atoms with Crippen LogP contribution in [0.15, 0.2) is 10.5 Å². The summed E-state index contributed by atoms with van der Waals surface area (Å²) >= 11 is 0. The third kappa shape index (κ3) is 1.68. The molecule has 3 N–H and O–H groups in total. The van der Waals surface area contributed by atoms with Gasteiger partial charge < -0.3 is 15.3 Å². The molecular formula is C9H15NO2. The molecule has 0 radical (unpaired) electrons. The molecule has 1 aromatic heterocycles. The summed E-state index contributed by atoms with van der Waals surface area (Å²) in [5.41, 5.74) is 6.63. The van der Waals surface area contributed by atoms with E-state index in [-0.39, 0.29) is 6.04 Å². The van der Waals surface area contributed by atoms with Gasteiger partial charge in [-0.15, -0.1) is 0 Å². The average molecular weight is 169 g/mol. The molecule has 12 heavy (non-hydrogen) atoms. The maximum absolute atomic E-state index is 9.24. The molecule has 3 heteroatoms. The molecule has 2 atom stereocenters. The van der Waals surface area contributed by atoms with Gasteiger partial charge >= 0.3 is 0 Å². The number of aryl methyl sites for hydroxylation is 2. The Morgan fingerprint density at radius 2 is 2.08 bits per heavy atom. The number of hydrogen-bond donors (Lipinski definition) is 2. The van der Waals surface area contributed by atoms with Crippen molar-refractivity contribution in [3.8, 4) is 0 Å². The lowest BCUT2D eigenvalue weighted by Gasteiger charge is -2.12. The maximum atomic E-state index is 9.24. The minimum Gasteiger partial charge on any atom is -0.466 e. The molecule has 1 aromatic rings. The first-order chi connectivity index (χ1) is 5.52. The van der Waals surface area contributed by atoms with Gasteiger partial charge in [-0.1, -0.05) is 0 Å². The highest BCUT2D eigenvalue weighted by molar-refractivity contribution is 5.24. The first-order valence-electron chi connectivity index (χ1n) is 4.03. The van der Waals surface area contributed by atoms with E-state index in [0.29, 0.717) is 0 Å². The molecule has 0 unspecified atom stereocenters. The fraction of sp³-hybridized carbons (Fsp3) is 0.556. The van der Waals surface area contributed by atoms with E-state index >= 15 is 0 Å². The predicted molar refractivity (Wildman–Crippen MR) is 46.8 cm³/mol. The van der Waals surface area contributed by atoms with Gasteiger partial charge in [0.05, 0.1) is 12.1 Å². The average Bonchev–Trinajstić information content (AvgIpc) is 2.28. The lowest BCUT2D eigenvalue weighted by atomic mass is 10.0. The van der Waals surface area contributed by atoms with Crippen molar-refractivity contribution >= 4 is 0 Å². The summed E-state index contributed by atoms with van der Waals surface area (Å²) in [6, 6.07) is 1.52. The third-order valence-electron chi connectivity index (χ3n) is 1.96. The van der Waals surface area contributed by atoms with E-state index in [1.165, 1.54) is 0 Å². The Labute approximate surface area is 72.2 Å². The standard InChI is InChI=1S/C9H15NO2/c1-5-4-8(7(3)12-5)9(10)6(2)11/h4,6,9,11H,10H2,1-3H3/t6-,9+/m1/s1. The van der Waals surface area contributed by atoms with Gasteiger partial charge in [0.1, 0.15) is 11.5 Å². The summed E-state index contributed by atoms with van der Waals surface area (Å²) in [6.07, 6.45) is -0.541. The zero-order chi connectivity index (χ0) is 9.30. The van der Waals surface area contributed by atoms with Crippen molar-refractivity contribution in [1.82, 2.24) is 0 Å². The molecule has 0 saturated heterocycles. The Balaban J connectivity index is 2.94. The van der Waals surface area contributed by atoms with Crippen LogP contribution in [0.25, 0.3) is 0 Å². The second-order valence-electron chi connectivity index (χ2n) is 3.13. The van der Waals surface area contributed by atoms with E-state index < -0.39 is 6.10 Å². The van der Waals surface area contributed by atoms with Gasteiger partial charge in [0.25, 0.3) is 0 Å². The molecular weight excluding hydrogens is 154 g/mol. The van der Waals surface area contributed by atoms with Crippen LogP contribution in [-0.4, -0.2) is 11.2 Å². The zero-order valence-corrected chi connectivity index (χ0v) is 7.66. The van der Waals surface area contributed by atoms with E-state index in [2.05, 4.69) is 0 Å². The van der Waals surface area contributed by atoms with E-state index in [4.69, 9.17) is 10.2 Å². The van der Waals surface area contributed by atoms with Crippen LogP contribution in [0.4, 0.5) is 0 Å². The van der Waals surface area contributed by atoms with Gasteiger partial charge in [-0.2, -0.15) is 0 Å². The van der Waals surface area contributed by atoms with Gasteiger partial charge in [0, 0.05) is 5.56 Å². The number of hydrogen-bond acceptors (Lipinski definition) is 3. The highest BCUT2D eigenvalue weighted by Gasteiger charge is 2.16. The van der Waals surface area contributed by atoms with Crippen LogP contribution in [0.2, 0.25) is 0 Å². The highest BCUT2D eigenvalue weighted by atomic mass is 16.3. The second-order valence-corrected chi connectivity index (χ2v) is 3.13. The summed E-state index contributed by atoms with van der Waals surface area (Å²) < 4.78 is 5.29. The fourth-order valence-electron chi connectivity index (χ4n) is 1.24. The van der Waals surface area contributed by atoms with Crippen molar-refractivity contribution < 1.29 is 9.52 Å². The largest absolute Gasteiger partial charge is 0.466 e. The van der Waals surface area contributed by atoms with E-state index in [0.717, 1.165) is 17.1 Å². The van der Waals surface area contributed by atoms with E-state index in [9.17, 15) is 5.11 Å². The molecule has 68 valence electrons. The predicted octanol–water partition coefficient (Wildman–Crippen LogP) is 1.28. The zero-order valence-electron chi connectivity index (χ0n) is 7.66. The molecule has 0 aliphatic heterocycles. The van der Waals surface area contributed by atoms with Crippen molar-refractivity contribution in [2.75, 3.05) is 0 Å². The first-order valence-corrected chi connectivity index (χ1v) is 4.03. The molecule has 0 saturated carbocycles. The van der Waals surface area contributed by atoms with Crippen molar-refractivity contribution in [2.24, 2.45) is 5.73 Å². The van der Waals surface area contributed by atoms with Gasteiger partial charge in [-0.3, -0.25) is 0 Å². The van der Waals surface area contributed by atoms with Crippen LogP contribution in [0.1, 0.15) is 30.0 Å². The van der Waals surface area contributed by atoms with Crippen LogP contribution < -0.4 is 5.73 Å². The number of aliphatic hydroxyl groups is 1. The quantitative estimate of drug-likeness (QED) is 0.701. The smallest absolute Gasteiger partial charge is 0.105 e. The summed E-state index contributed by atoms with van der Waals surface area (Å²) in [5, 5.41) is 9.24. The molecule has 0 aliphatic carbocycles. The Morgan fingerprint density at radius 3 is 2.42 bits per heavy atom. The lowest BCUT2D eigenvalue weighted by molar-refractivity contribution is 0.163. The molecule has 1 rings (SSSR count). The topological polar surface area (TPSA) is 59.4 Å². The molecule has 0 bridgehead atoms. The van der Waals surface area contributed by atoms with Gasteiger partial charge in [0.2, 0.25) is 0 Å². The van der Waals surface area contributed by atoms with Crippen molar-refractivity contribution in [1.29, 1.82) is 0 Å². The number of furan rings is 1. The van der Waals surface area contributed by atoms with Gasteiger partial charge in [-0.05, 0) is 26.8 Å². The minimum absolute atomic E-state index is 0.345. The second kappa shape index (κ2) is 3.29. The minimum atomic E-state index is -0.541. The summed E-state index contributed by atoms with van der Waals surface area (Å²) in [6.45, 7) is 5.39. The molecule has 0 aliphatic rings. The number of nitrogens with two attached hydrogens (primary N) is 1. The van der Waals surface area contributed by atoms with Crippen LogP contribution in [-0.2, 0) is 0 Å². The van der Waals surface area contributed by atoms with Gasteiger partial charge in [0.15, 0.2) is 0 Å². The van der Waals surface area contributed by atoms with E-state index in [1.807, 2.05) is 19.9 Å². The van der Waals surface area contributed by atoms with Crippen LogP contribution in [0.5, 0.6) is 0 Å². The number of aliphatic hydroxyl groups excluding tert-OH is 1. The van der Waals surface area contributed by atoms with Crippen LogP contribution in [0, 0.1) is 13.8 Å². The summed E-state index contributed by atoms with van der Waals surface area (Å²) in [7, 11) is 0. The Bertz CT molecular complexity index is 265. The van der Waals surface area contributed by atoms with Crippen molar-refractivity contribution in [2.45, 2.75) is 32.9 Å². The highest BCUT2D eigenvalue weighted by Crippen LogP contribution is 2.21. The Hall–Kier alpha value is -0.800. The van der Waals surface area contributed by atoms with Gasteiger partial charge in [-0.25, -0.2) is 0 Å². The van der Waals surface area contributed by atoms with E-state index in [1.54, 1.807) is 6.92 Å². The fourth-order valence-corrected chi connectivity index (χ4v) is 1.24. The SMILES string of the molecule is Cc1cc([C@@H](N)[C@@H](C)O)c(C)o1. The summed E-state index contributed by atoms with van der Waals surface area (Å²) in [5.74, 6) is 1.62. The molecule has 0 spiro atoms. The summed E-state index contributed by atoms with van der Waals surface area (Å²) in [4.78, 5) is 0. The third-order valence-corrected chi connectivity index (χ3v) is 1.96.